The molecule has 1 aromatic rings. The molecular weight excluding hydrogens is 202 g/mol. The number of aromatic nitrogens is 1. The summed E-state index contributed by atoms with van der Waals surface area (Å²) in [5.74, 6) is 0.537. The molecule has 1 atom stereocenters. The second-order valence-electron chi connectivity index (χ2n) is 4.27. The van der Waals surface area contributed by atoms with Gasteiger partial charge in [0.25, 0.3) is 0 Å². The molecule has 2 rings (SSSR count). The van der Waals surface area contributed by atoms with Crippen LogP contribution in [0.3, 0.4) is 0 Å². The lowest BCUT2D eigenvalue weighted by Crippen LogP contribution is -2.32. The Morgan fingerprint density at radius 1 is 1.50 bits per heavy atom. The fraction of sp³-hybridized carbons (Fsp3) is 0.500. The number of aryl methyl sites for hydroxylation is 1. The number of carbonyl (C=O) groups excluding carboxylic acids is 1. The first-order valence-corrected chi connectivity index (χ1v) is 5.66. The second kappa shape index (κ2) is 4.51. The molecule has 1 amide bonds. The predicted octanol–water partition coefficient (Wildman–Crippen LogP) is 1.66. The van der Waals surface area contributed by atoms with Gasteiger partial charge in [-0.25, -0.2) is 4.98 Å². The minimum atomic E-state index is 0.180. The number of nitrogens with zero attached hydrogens (tertiary/aromatic N) is 2. The molecule has 2 N–H and O–H groups in total. The second-order valence-corrected chi connectivity index (χ2v) is 4.27. The van der Waals surface area contributed by atoms with Crippen molar-refractivity contribution in [2.24, 2.45) is 0 Å². The lowest BCUT2D eigenvalue weighted by atomic mass is 9.95. The largest absolute Gasteiger partial charge is 0.384 e. The quantitative estimate of drug-likeness (QED) is 0.769. The summed E-state index contributed by atoms with van der Waals surface area (Å²) in [6.07, 6.45) is 4.22. The summed E-state index contributed by atoms with van der Waals surface area (Å²) in [4.78, 5) is 17.1. The first-order valence-electron chi connectivity index (χ1n) is 5.66. The van der Waals surface area contributed by atoms with E-state index in [1.807, 2.05) is 17.9 Å². The summed E-state index contributed by atoms with van der Waals surface area (Å²) >= 11 is 0. The SMILES string of the molecule is Cc1nc(N)ccc1[C@H]1CCCCN1C=O. The highest BCUT2D eigenvalue weighted by Crippen LogP contribution is 2.31. The molecule has 86 valence electrons. The van der Waals surface area contributed by atoms with Crippen molar-refractivity contribution in [1.82, 2.24) is 9.88 Å². The number of hydrogen-bond donors (Lipinski definition) is 1. The third kappa shape index (κ3) is 2.01. The Labute approximate surface area is 95.5 Å². The van der Waals surface area contributed by atoms with E-state index in [1.54, 1.807) is 6.07 Å². The monoisotopic (exact) mass is 219 g/mol. The average molecular weight is 219 g/mol. The van der Waals surface area contributed by atoms with E-state index < -0.39 is 0 Å². The number of hydrogen-bond acceptors (Lipinski definition) is 3. The minimum Gasteiger partial charge on any atom is -0.384 e. The van der Waals surface area contributed by atoms with Crippen LogP contribution in [0, 0.1) is 6.92 Å². The zero-order valence-corrected chi connectivity index (χ0v) is 9.52. The molecule has 0 bridgehead atoms. The Morgan fingerprint density at radius 3 is 3.00 bits per heavy atom. The van der Waals surface area contributed by atoms with E-state index in [0.717, 1.165) is 37.1 Å². The van der Waals surface area contributed by atoms with Crippen LogP contribution in [0.4, 0.5) is 5.82 Å². The molecule has 4 nitrogen and oxygen atoms in total. The van der Waals surface area contributed by atoms with Crippen molar-refractivity contribution >= 4 is 12.2 Å². The maximum absolute atomic E-state index is 11.0. The van der Waals surface area contributed by atoms with E-state index in [9.17, 15) is 4.79 Å². The molecule has 1 aromatic heterocycles. The summed E-state index contributed by atoms with van der Waals surface area (Å²) in [6, 6.07) is 3.98. The molecule has 1 aliphatic rings. The summed E-state index contributed by atoms with van der Waals surface area (Å²) in [5.41, 5.74) is 7.69. The molecule has 1 aliphatic heterocycles. The smallest absolute Gasteiger partial charge is 0.210 e. The number of nitrogen functional groups attached to an aromatic ring is 1. The normalized spacial score (nSPS) is 20.8. The fourth-order valence-electron chi connectivity index (χ4n) is 2.36. The fourth-order valence-corrected chi connectivity index (χ4v) is 2.36. The Bertz CT molecular complexity index is 392. The molecule has 1 fully saturated rings. The highest BCUT2D eigenvalue weighted by atomic mass is 16.1. The van der Waals surface area contributed by atoms with Crippen LogP contribution in [-0.4, -0.2) is 22.8 Å². The van der Waals surface area contributed by atoms with Gasteiger partial charge in [-0.1, -0.05) is 6.07 Å². The van der Waals surface area contributed by atoms with E-state index in [0.29, 0.717) is 5.82 Å². The molecule has 0 saturated carbocycles. The minimum absolute atomic E-state index is 0.180. The van der Waals surface area contributed by atoms with Crippen LogP contribution in [0.2, 0.25) is 0 Å². The number of rotatable bonds is 2. The van der Waals surface area contributed by atoms with E-state index >= 15 is 0 Å². The van der Waals surface area contributed by atoms with E-state index in [-0.39, 0.29) is 6.04 Å². The average Bonchev–Trinajstić information content (AvgIpc) is 2.29. The molecule has 1 saturated heterocycles. The molecule has 0 radical (unpaired) electrons. The van der Waals surface area contributed by atoms with Crippen LogP contribution in [0.5, 0.6) is 0 Å². The van der Waals surface area contributed by atoms with Gasteiger partial charge in [0, 0.05) is 12.2 Å². The lowest BCUT2D eigenvalue weighted by Gasteiger charge is -2.33. The number of amides is 1. The maximum atomic E-state index is 11.0. The Hall–Kier alpha value is -1.58. The Morgan fingerprint density at radius 2 is 2.31 bits per heavy atom. The van der Waals surface area contributed by atoms with Crippen LogP contribution in [0.15, 0.2) is 12.1 Å². The number of nitrogens with two attached hydrogens (primary N) is 1. The number of carbonyl (C=O) groups is 1. The Balaban J connectivity index is 2.30. The van der Waals surface area contributed by atoms with Gasteiger partial charge in [0.2, 0.25) is 6.41 Å². The molecule has 0 spiro atoms. The van der Waals surface area contributed by atoms with Gasteiger partial charge in [-0.05, 0) is 37.8 Å². The van der Waals surface area contributed by atoms with Gasteiger partial charge in [-0.15, -0.1) is 0 Å². The van der Waals surface area contributed by atoms with Crippen LogP contribution >= 0.6 is 0 Å². The molecule has 4 heteroatoms. The number of likely N-dealkylation sites (tertiary alicyclic amines) is 1. The van der Waals surface area contributed by atoms with Crippen LogP contribution in [-0.2, 0) is 4.79 Å². The zero-order chi connectivity index (χ0) is 11.5. The maximum Gasteiger partial charge on any atom is 0.210 e. The first kappa shape index (κ1) is 10.9. The predicted molar refractivity (Wildman–Crippen MR) is 62.7 cm³/mol. The van der Waals surface area contributed by atoms with Gasteiger partial charge in [-0.3, -0.25) is 4.79 Å². The number of piperidine rings is 1. The van der Waals surface area contributed by atoms with Crippen molar-refractivity contribution < 1.29 is 4.79 Å². The van der Waals surface area contributed by atoms with Crippen molar-refractivity contribution in [2.75, 3.05) is 12.3 Å². The highest BCUT2D eigenvalue weighted by Gasteiger charge is 2.24. The topological polar surface area (TPSA) is 59.2 Å². The van der Waals surface area contributed by atoms with Crippen LogP contribution in [0.25, 0.3) is 0 Å². The highest BCUT2D eigenvalue weighted by molar-refractivity contribution is 5.50. The van der Waals surface area contributed by atoms with Gasteiger partial charge in [-0.2, -0.15) is 0 Å². The summed E-state index contributed by atoms with van der Waals surface area (Å²) in [6.45, 7) is 2.79. The van der Waals surface area contributed by atoms with Gasteiger partial charge >= 0.3 is 0 Å². The van der Waals surface area contributed by atoms with Crippen LogP contribution in [0.1, 0.15) is 36.6 Å². The van der Waals surface area contributed by atoms with Crippen molar-refractivity contribution in [1.29, 1.82) is 0 Å². The van der Waals surface area contributed by atoms with Crippen LogP contribution < -0.4 is 5.73 Å². The lowest BCUT2D eigenvalue weighted by molar-refractivity contribution is -0.121. The van der Waals surface area contributed by atoms with Crippen molar-refractivity contribution in [2.45, 2.75) is 32.2 Å². The number of pyridine rings is 1. The van der Waals surface area contributed by atoms with Gasteiger partial charge < -0.3 is 10.6 Å². The van der Waals surface area contributed by atoms with E-state index in [1.165, 1.54) is 6.42 Å². The summed E-state index contributed by atoms with van der Waals surface area (Å²) < 4.78 is 0. The molecule has 2 heterocycles. The van der Waals surface area contributed by atoms with Gasteiger partial charge in [0.05, 0.1) is 6.04 Å². The molecule has 0 aliphatic carbocycles. The molecule has 16 heavy (non-hydrogen) atoms. The standard InChI is InChI=1S/C12H17N3O/c1-9-10(5-6-12(13)14-9)11-4-2-3-7-15(11)8-16/h5-6,8,11H,2-4,7H2,1H3,(H2,13,14)/t11-/m1/s1. The van der Waals surface area contributed by atoms with Gasteiger partial charge in [0.1, 0.15) is 5.82 Å². The van der Waals surface area contributed by atoms with Crippen molar-refractivity contribution in [3.8, 4) is 0 Å². The van der Waals surface area contributed by atoms with Crippen molar-refractivity contribution in [3.63, 3.8) is 0 Å². The third-order valence-electron chi connectivity index (χ3n) is 3.19. The van der Waals surface area contributed by atoms with Crippen molar-refractivity contribution in [3.05, 3.63) is 23.4 Å². The summed E-state index contributed by atoms with van der Waals surface area (Å²) in [7, 11) is 0. The molecule has 0 unspecified atom stereocenters. The summed E-state index contributed by atoms with van der Waals surface area (Å²) in [5, 5.41) is 0. The number of anilines is 1. The van der Waals surface area contributed by atoms with E-state index in [2.05, 4.69) is 4.98 Å². The van der Waals surface area contributed by atoms with E-state index in [4.69, 9.17) is 5.73 Å². The molecule has 0 aromatic carbocycles. The third-order valence-corrected chi connectivity index (χ3v) is 3.19. The zero-order valence-electron chi connectivity index (χ0n) is 9.52. The first-order chi connectivity index (χ1) is 7.72. The van der Waals surface area contributed by atoms with Gasteiger partial charge in [0.15, 0.2) is 0 Å². The molecular formula is C12H17N3O. The Kier molecular flexibility index (Phi) is 3.08.